The lowest BCUT2D eigenvalue weighted by Crippen LogP contribution is -2.33. The summed E-state index contributed by atoms with van der Waals surface area (Å²) >= 11 is 0. The molecular weight excluding hydrogens is 292 g/mol. The highest BCUT2D eigenvalue weighted by Crippen LogP contribution is 2.12. The van der Waals surface area contributed by atoms with Crippen molar-refractivity contribution in [2.24, 2.45) is 4.99 Å². The summed E-state index contributed by atoms with van der Waals surface area (Å²) < 4.78 is 7.11. The number of methoxy groups -OCH3 is 1. The topological polar surface area (TPSA) is 76.4 Å². The van der Waals surface area contributed by atoms with Crippen LogP contribution in [0.3, 0.4) is 0 Å². The van der Waals surface area contributed by atoms with Gasteiger partial charge in [0.2, 0.25) is 17.5 Å². The molecule has 0 saturated carbocycles. The lowest BCUT2D eigenvalue weighted by atomic mass is 10.3. The van der Waals surface area contributed by atoms with Gasteiger partial charge in [0.05, 0.1) is 0 Å². The van der Waals surface area contributed by atoms with E-state index in [1.165, 1.54) is 0 Å². The highest BCUT2D eigenvalue weighted by molar-refractivity contribution is 5.35. The van der Waals surface area contributed by atoms with Crippen LogP contribution < -0.4 is 16.3 Å². The van der Waals surface area contributed by atoms with E-state index in [1.54, 1.807) is 7.11 Å². The molecule has 0 aliphatic rings. The van der Waals surface area contributed by atoms with Crippen LogP contribution in [0.5, 0.6) is 0 Å². The van der Waals surface area contributed by atoms with E-state index < -0.39 is 0 Å². The minimum Gasteiger partial charge on any atom is -0.385 e. The van der Waals surface area contributed by atoms with Crippen molar-refractivity contribution in [1.29, 1.82) is 0 Å². The predicted octanol–water partition coefficient (Wildman–Crippen LogP) is 2.44. The SMILES string of the molecule is COCCCNc1nc(NC(C)C)n(C(C)C)c(=NC(C)C)n1. The molecule has 0 spiro atoms. The molecule has 0 saturated heterocycles. The molecule has 0 aliphatic heterocycles. The molecule has 23 heavy (non-hydrogen) atoms. The molecule has 2 N–H and O–H groups in total. The van der Waals surface area contributed by atoms with Crippen molar-refractivity contribution in [3.8, 4) is 0 Å². The summed E-state index contributed by atoms with van der Waals surface area (Å²) in [6.45, 7) is 14.0. The van der Waals surface area contributed by atoms with E-state index in [1.807, 2.05) is 18.4 Å². The molecule has 0 unspecified atom stereocenters. The molecule has 132 valence electrons. The zero-order valence-corrected chi connectivity index (χ0v) is 15.6. The molecule has 0 amide bonds. The Kier molecular flexibility index (Phi) is 8.02. The third kappa shape index (κ3) is 6.56. The van der Waals surface area contributed by atoms with Gasteiger partial charge in [0.1, 0.15) is 0 Å². The van der Waals surface area contributed by atoms with Crippen LogP contribution in [-0.2, 0) is 4.74 Å². The molecule has 0 aliphatic carbocycles. The van der Waals surface area contributed by atoms with E-state index in [0.29, 0.717) is 18.2 Å². The molecule has 7 nitrogen and oxygen atoms in total. The van der Waals surface area contributed by atoms with Gasteiger partial charge in [-0.2, -0.15) is 9.97 Å². The van der Waals surface area contributed by atoms with Crippen molar-refractivity contribution in [3.63, 3.8) is 0 Å². The molecule has 0 bridgehead atoms. The zero-order chi connectivity index (χ0) is 17.4. The van der Waals surface area contributed by atoms with Gasteiger partial charge in [-0.05, 0) is 48.0 Å². The maximum Gasteiger partial charge on any atom is 0.231 e. The van der Waals surface area contributed by atoms with E-state index in [0.717, 1.165) is 18.9 Å². The van der Waals surface area contributed by atoms with Gasteiger partial charge < -0.3 is 15.4 Å². The number of ether oxygens (including phenoxy) is 1. The van der Waals surface area contributed by atoms with Gasteiger partial charge >= 0.3 is 0 Å². The monoisotopic (exact) mass is 324 g/mol. The molecule has 0 aromatic carbocycles. The number of aromatic nitrogens is 3. The van der Waals surface area contributed by atoms with Gasteiger partial charge in [0.15, 0.2) is 0 Å². The first kappa shape index (κ1) is 19.4. The average molecular weight is 324 g/mol. The molecule has 1 aromatic rings. The Labute approximate surface area is 139 Å². The van der Waals surface area contributed by atoms with E-state index >= 15 is 0 Å². The highest BCUT2D eigenvalue weighted by Gasteiger charge is 2.13. The third-order valence-electron chi connectivity index (χ3n) is 2.98. The van der Waals surface area contributed by atoms with Gasteiger partial charge in [-0.15, -0.1) is 0 Å². The Morgan fingerprint density at radius 3 is 2.35 bits per heavy atom. The van der Waals surface area contributed by atoms with Crippen LogP contribution in [0.4, 0.5) is 11.9 Å². The van der Waals surface area contributed by atoms with E-state index in [2.05, 4.69) is 53.3 Å². The maximum atomic E-state index is 5.07. The van der Waals surface area contributed by atoms with Crippen molar-refractivity contribution >= 4 is 11.9 Å². The summed E-state index contributed by atoms with van der Waals surface area (Å²) in [5.74, 6) is 1.39. The first-order valence-corrected chi connectivity index (χ1v) is 8.38. The minimum absolute atomic E-state index is 0.170. The molecule has 7 heteroatoms. The molecule has 1 rings (SSSR count). The fraction of sp³-hybridized carbons (Fsp3) is 0.812. The predicted molar refractivity (Wildman–Crippen MR) is 94.8 cm³/mol. The second-order valence-electron chi connectivity index (χ2n) is 6.43. The Morgan fingerprint density at radius 1 is 1.13 bits per heavy atom. The molecule has 0 radical (unpaired) electrons. The van der Waals surface area contributed by atoms with Crippen molar-refractivity contribution in [1.82, 2.24) is 14.5 Å². The summed E-state index contributed by atoms with van der Waals surface area (Å²) in [4.78, 5) is 13.9. The highest BCUT2D eigenvalue weighted by atomic mass is 16.5. The number of nitrogens with zero attached hydrogens (tertiary/aromatic N) is 4. The van der Waals surface area contributed by atoms with Crippen molar-refractivity contribution in [2.75, 3.05) is 30.9 Å². The molecular formula is C16H32N6O. The number of nitrogens with one attached hydrogen (secondary N) is 2. The normalized spacial score (nSPS) is 12.5. The molecule has 1 aromatic heterocycles. The number of hydrogen-bond acceptors (Lipinski definition) is 6. The van der Waals surface area contributed by atoms with Crippen LogP contribution in [0, 0.1) is 0 Å². The Hall–Kier alpha value is -1.63. The first-order valence-electron chi connectivity index (χ1n) is 8.38. The van der Waals surface area contributed by atoms with Crippen LogP contribution in [0.1, 0.15) is 54.0 Å². The summed E-state index contributed by atoms with van der Waals surface area (Å²) in [6, 6.07) is 0.669. The standard InChI is InChI=1S/C16H32N6O/c1-11(2)18-15-20-14(17-9-8-10-23-7)21-16(19-12(3)4)22(15)13(5)6/h11-13H,8-10H2,1-7H3,(H2,17,18,19,20,21). The van der Waals surface area contributed by atoms with Crippen molar-refractivity contribution < 1.29 is 4.74 Å². The smallest absolute Gasteiger partial charge is 0.231 e. The zero-order valence-electron chi connectivity index (χ0n) is 15.6. The number of rotatable bonds is 9. The van der Waals surface area contributed by atoms with Crippen molar-refractivity contribution in [3.05, 3.63) is 5.62 Å². The molecule has 0 atom stereocenters. The van der Waals surface area contributed by atoms with E-state index in [-0.39, 0.29) is 18.1 Å². The lowest BCUT2D eigenvalue weighted by molar-refractivity contribution is 0.197. The van der Waals surface area contributed by atoms with Crippen LogP contribution in [0.15, 0.2) is 4.99 Å². The Morgan fingerprint density at radius 2 is 1.83 bits per heavy atom. The van der Waals surface area contributed by atoms with Gasteiger partial charge in [0.25, 0.3) is 0 Å². The first-order chi connectivity index (χ1) is 10.8. The maximum absolute atomic E-state index is 5.07. The van der Waals surface area contributed by atoms with Gasteiger partial charge in [-0.3, -0.25) is 4.57 Å². The van der Waals surface area contributed by atoms with Crippen LogP contribution in [0.2, 0.25) is 0 Å². The van der Waals surface area contributed by atoms with E-state index in [9.17, 15) is 0 Å². The van der Waals surface area contributed by atoms with Crippen LogP contribution in [0.25, 0.3) is 0 Å². The Balaban J connectivity index is 3.23. The summed E-state index contributed by atoms with van der Waals surface area (Å²) in [7, 11) is 1.70. The van der Waals surface area contributed by atoms with Crippen molar-refractivity contribution in [2.45, 2.75) is 66.1 Å². The largest absolute Gasteiger partial charge is 0.385 e. The fourth-order valence-electron chi connectivity index (χ4n) is 2.08. The van der Waals surface area contributed by atoms with Crippen LogP contribution in [-0.4, -0.2) is 46.9 Å². The average Bonchev–Trinajstić information content (AvgIpc) is 2.41. The number of hydrogen-bond donors (Lipinski definition) is 2. The quantitative estimate of drug-likeness (QED) is 0.682. The Bertz CT molecular complexity index is 536. The van der Waals surface area contributed by atoms with Gasteiger partial charge in [-0.1, -0.05) is 0 Å². The van der Waals surface area contributed by atoms with E-state index in [4.69, 9.17) is 4.74 Å². The van der Waals surface area contributed by atoms with Crippen LogP contribution >= 0.6 is 0 Å². The minimum atomic E-state index is 0.170. The second-order valence-corrected chi connectivity index (χ2v) is 6.43. The molecule has 1 heterocycles. The summed E-state index contributed by atoms with van der Waals surface area (Å²) in [6.07, 6.45) is 0.905. The summed E-state index contributed by atoms with van der Waals surface area (Å²) in [5.41, 5.74) is 0.697. The fourth-order valence-corrected chi connectivity index (χ4v) is 2.08. The molecule has 0 fully saturated rings. The lowest BCUT2D eigenvalue weighted by Gasteiger charge is -2.20. The number of anilines is 2. The van der Waals surface area contributed by atoms with Gasteiger partial charge in [0, 0.05) is 38.4 Å². The second kappa shape index (κ2) is 9.50. The summed E-state index contributed by atoms with van der Waals surface area (Å²) in [5, 5.41) is 6.65. The third-order valence-corrected chi connectivity index (χ3v) is 2.98. The van der Waals surface area contributed by atoms with Gasteiger partial charge in [-0.25, -0.2) is 4.99 Å².